The number of nitrogens with one attached hydrogen (secondary N) is 1. The number of carbonyl (C=O) groups is 1. The van der Waals surface area contributed by atoms with Crippen molar-refractivity contribution in [2.75, 3.05) is 0 Å². The lowest BCUT2D eigenvalue weighted by molar-refractivity contribution is -0.348. The zero-order valence-electron chi connectivity index (χ0n) is 20.2. The third-order valence-corrected chi connectivity index (χ3v) is 9.51. The lowest BCUT2D eigenvalue weighted by Crippen LogP contribution is -2.50. The first-order valence-electron chi connectivity index (χ1n) is 11.7. The molecule has 1 amide bonds. The molecule has 1 aliphatic carbocycles. The monoisotopic (exact) mass is 592 g/mol. The van der Waals surface area contributed by atoms with E-state index in [1.807, 2.05) is 0 Å². The lowest BCUT2D eigenvalue weighted by Gasteiger charge is -2.32. The van der Waals surface area contributed by atoms with Crippen molar-refractivity contribution in [1.29, 1.82) is 0 Å². The number of halogens is 8. The van der Waals surface area contributed by atoms with Crippen LogP contribution in [-0.2, 0) is 20.3 Å². The van der Waals surface area contributed by atoms with E-state index < -0.39 is 55.9 Å². The normalized spacial score (nSPS) is 20.4. The molecule has 0 radical (unpaired) electrons. The molecular weight excluding hydrogens is 572 g/mol. The molecule has 40 heavy (non-hydrogen) atoms. The van der Waals surface area contributed by atoms with E-state index in [0.717, 1.165) is 24.3 Å². The Kier molecular flexibility index (Phi) is 7.45. The third-order valence-electron chi connectivity index (χ3n) is 6.98. The summed E-state index contributed by atoms with van der Waals surface area (Å²) in [6.45, 7) is 0. The maximum Gasteiger partial charge on any atom is 0.435 e. The quantitative estimate of drug-likeness (QED) is 0.275. The molecule has 214 valence electrons. The minimum atomic E-state index is -6.35. The lowest BCUT2D eigenvalue weighted by atomic mass is 9.89. The summed E-state index contributed by atoms with van der Waals surface area (Å²) in [5.74, 6) is -1.31. The van der Waals surface area contributed by atoms with Gasteiger partial charge in [0, 0.05) is 29.6 Å². The van der Waals surface area contributed by atoms with Crippen LogP contribution in [0.3, 0.4) is 0 Å². The van der Waals surface area contributed by atoms with Crippen molar-refractivity contribution >= 4 is 15.7 Å². The van der Waals surface area contributed by atoms with Gasteiger partial charge in [0.15, 0.2) is 9.84 Å². The van der Waals surface area contributed by atoms with Gasteiger partial charge in [0.05, 0.1) is 4.90 Å². The molecule has 3 aromatic rings. The maximum absolute atomic E-state index is 14.6. The number of carbonyl (C=O) groups excluding carboxylic acids is 1. The van der Waals surface area contributed by atoms with Crippen LogP contribution in [0.25, 0.3) is 0 Å². The highest BCUT2D eigenvalue weighted by Gasteiger charge is 2.73. The number of nitrogens with zero attached hydrogens (tertiary/aromatic N) is 1. The van der Waals surface area contributed by atoms with E-state index in [1.54, 1.807) is 0 Å². The second-order valence-electron chi connectivity index (χ2n) is 9.33. The molecule has 1 heterocycles. The predicted molar refractivity (Wildman–Crippen MR) is 126 cm³/mol. The van der Waals surface area contributed by atoms with Gasteiger partial charge in [-0.15, -0.1) is 0 Å². The molecule has 2 atom stereocenters. The SMILES string of the molecule is O=C(NC1CCC(c2ccc(C(F)(C(F)(F)F)C(F)(F)F)cc2)(S(=O)(=O)c2ccc(F)cc2)C1)c1ccncc1. The molecule has 1 fully saturated rings. The summed E-state index contributed by atoms with van der Waals surface area (Å²) in [6, 6.07) is 7.67. The highest BCUT2D eigenvalue weighted by atomic mass is 32.2. The molecule has 0 saturated heterocycles. The van der Waals surface area contributed by atoms with Gasteiger partial charge < -0.3 is 5.32 Å². The van der Waals surface area contributed by atoms with Crippen LogP contribution in [-0.4, -0.2) is 37.7 Å². The summed E-state index contributed by atoms with van der Waals surface area (Å²) < 4.78 is 133. The number of rotatable bonds is 6. The first-order valence-corrected chi connectivity index (χ1v) is 13.2. The maximum atomic E-state index is 14.6. The van der Waals surface area contributed by atoms with Crippen LogP contribution in [0, 0.1) is 5.82 Å². The molecule has 1 aromatic heterocycles. The summed E-state index contributed by atoms with van der Waals surface area (Å²) in [4.78, 5) is 16.1. The van der Waals surface area contributed by atoms with Crippen LogP contribution in [0.4, 0.5) is 35.1 Å². The Morgan fingerprint density at radius 2 is 1.40 bits per heavy atom. The van der Waals surface area contributed by atoms with Crippen molar-refractivity contribution in [1.82, 2.24) is 10.3 Å². The second-order valence-corrected chi connectivity index (χ2v) is 11.6. The third kappa shape index (κ3) is 4.93. The van der Waals surface area contributed by atoms with Crippen molar-refractivity contribution in [3.8, 4) is 0 Å². The summed E-state index contributed by atoms with van der Waals surface area (Å²) >= 11 is 0. The largest absolute Gasteiger partial charge is 0.435 e. The average Bonchev–Trinajstić information content (AvgIpc) is 3.33. The zero-order valence-corrected chi connectivity index (χ0v) is 21.0. The Bertz CT molecular complexity index is 1460. The van der Waals surface area contributed by atoms with Crippen molar-refractivity contribution in [3.63, 3.8) is 0 Å². The Balaban J connectivity index is 1.78. The van der Waals surface area contributed by atoms with E-state index >= 15 is 0 Å². The number of benzene rings is 2. The van der Waals surface area contributed by atoms with E-state index in [0.29, 0.717) is 12.1 Å². The van der Waals surface area contributed by atoms with Gasteiger partial charge in [0.25, 0.3) is 5.91 Å². The van der Waals surface area contributed by atoms with Gasteiger partial charge in [-0.25, -0.2) is 17.2 Å². The zero-order chi connectivity index (χ0) is 29.6. The number of hydrogen-bond donors (Lipinski definition) is 1. The fourth-order valence-electron chi connectivity index (χ4n) is 4.90. The second kappa shape index (κ2) is 10.1. The van der Waals surface area contributed by atoms with Crippen molar-refractivity contribution < 1.29 is 48.3 Å². The molecule has 2 aromatic carbocycles. The number of pyridine rings is 1. The molecule has 5 nitrogen and oxygen atoms in total. The molecule has 0 aliphatic heterocycles. The molecule has 2 unspecified atom stereocenters. The molecule has 4 rings (SSSR count). The number of aromatic nitrogens is 1. The Hall–Kier alpha value is -3.55. The van der Waals surface area contributed by atoms with Gasteiger partial charge in [-0.1, -0.05) is 24.3 Å². The molecule has 0 bridgehead atoms. The topological polar surface area (TPSA) is 76.1 Å². The van der Waals surface area contributed by atoms with E-state index in [1.165, 1.54) is 24.5 Å². The fourth-order valence-corrected chi connectivity index (χ4v) is 7.10. The number of alkyl halides is 7. The predicted octanol–water partition coefficient (Wildman–Crippen LogP) is 6.16. The first-order chi connectivity index (χ1) is 18.5. The van der Waals surface area contributed by atoms with E-state index in [9.17, 15) is 48.3 Å². The number of sulfone groups is 1. The van der Waals surface area contributed by atoms with Crippen molar-refractivity contribution in [3.05, 3.63) is 95.6 Å². The van der Waals surface area contributed by atoms with E-state index in [2.05, 4.69) is 10.3 Å². The standard InChI is InChI=1S/C26H20F8N2O3S/c27-19-5-7-21(8-6-19)40(38,39)23(12-9-20(15-23)36-22(37)16-10-13-35-14-11-16)17-1-3-18(4-2-17)24(28,25(29,30)31)26(32,33)34/h1-8,10-11,13-14,20H,9,12,15H2,(H,36,37). The van der Waals surface area contributed by atoms with Gasteiger partial charge in [-0.05, 0) is 61.2 Å². The fraction of sp³-hybridized carbons (Fsp3) is 0.308. The number of amides is 1. The van der Waals surface area contributed by atoms with Gasteiger partial charge in [-0.2, -0.15) is 26.3 Å². The Morgan fingerprint density at radius 1 is 0.850 bits per heavy atom. The number of hydrogen-bond acceptors (Lipinski definition) is 4. The average molecular weight is 593 g/mol. The van der Waals surface area contributed by atoms with Crippen LogP contribution < -0.4 is 5.32 Å². The minimum Gasteiger partial charge on any atom is -0.349 e. The molecule has 1 aliphatic rings. The van der Waals surface area contributed by atoms with Gasteiger partial charge in [-0.3, -0.25) is 9.78 Å². The van der Waals surface area contributed by atoms with Crippen molar-refractivity contribution in [2.24, 2.45) is 0 Å². The summed E-state index contributed by atoms with van der Waals surface area (Å²) in [5, 5.41) is 2.68. The van der Waals surface area contributed by atoms with E-state index in [4.69, 9.17) is 0 Å². The Labute approximate surface area is 223 Å². The summed E-state index contributed by atoms with van der Waals surface area (Å²) in [6.07, 6.45) is -10.4. The van der Waals surface area contributed by atoms with Crippen LogP contribution >= 0.6 is 0 Å². The van der Waals surface area contributed by atoms with Crippen LogP contribution in [0.15, 0.2) is 78.0 Å². The smallest absolute Gasteiger partial charge is 0.349 e. The highest BCUT2D eigenvalue weighted by molar-refractivity contribution is 7.92. The van der Waals surface area contributed by atoms with Crippen molar-refractivity contribution in [2.45, 2.75) is 53.0 Å². The molecule has 1 N–H and O–H groups in total. The van der Waals surface area contributed by atoms with Crippen LogP contribution in [0.1, 0.15) is 40.7 Å². The highest BCUT2D eigenvalue weighted by Crippen LogP contribution is 2.54. The Morgan fingerprint density at radius 3 is 1.93 bits per heavy atom. The molecule has 14 heteroatoms. The van der Waals surface area contributed by atoms with Gasteiger partial charge in [0.2, 0.25) is 0 Å². The molecule has 1 saturated carbocycles. The van der Waals surface area contributed by atoms with Crippen LogP contribution in [0.5, 0.6) is 0 Å². The van der Waals surface area contributed by atoms with Gasteiger partial charge in [0.1, 0.15) is 10.6 Å². The van der Waals surface area contributed by atoms with E-state index in [-0.39, 0.29) is 47.4 Å². The summed E-state index contributed by atoms with van der Waals surface area (Å²) in [7, 11) is -4.47. The molecular formula is C26H20F8N2O3S. The summed E-state index contributed by atoms with van der Waals surface area (Å²) in [5.41, 5.74) is -7.46. The minimum absolute atomic E-state index is 0.0666. The van der Waals surface area contributed by atoms with Gasteiger partial charge >= 0.3 is 18.0 Å². The molecule has 0 spiro atoms. The first kappa shape index (κ1) is 29.4. The van der Waals surface area contributed by atoms with Crippen LogP contribution in [0.2, 0.25) is 0 Å².